The number of rotatable bonds is 7. The molecule has 0 spiro atoms. The molecule has 0 aliphatic carbocycles. The molecule has 0 saturated heterocycles. The number of carbonyl (C=O) groups excluding carboxylic acids is 1. The summed E-state index contributed by atoms with van der Waals surface area (Å²) in [5, 5.41) is 11.6. The van der Waals surface area contributed by atoms with Crippen LogP contribution in [0.5, 0.6) is 5.75 Å². The van der Waals surface area contributed by atoms with Crippen molar-refractivity contribution in [2.75, 3.05) is 13.2 Å². The van der Waals surface area contributed by atoms with Crippen molar-refractivity contribution in [3.05, 3.63) is 59.6 Å². The molecule has 0 fully saturated rings. The van der Waals surface area contributed by atoms with Crippen molar-refractivity contribution in [1.29, 1.82) is 0 Å². The third-order valence-corrected chi connectivity index (χ3v) is 2.93. The molecule has 1 heterocycles. The van der Waals surface area contributed by atoms with Crippen LogP contribution < -0.4 is 10.1 Å². The molecule has 2 N–H and O–H groups in total. The zero-order valence-corrected chi connectivity index (χ0v) is 12.4. The van der Waals surface area contributed by atoms with Gasteiger partial charge in [-0.25, -0.2) is 0 Å². The Labute approximate surface area is 129 Å². The van der Waals surface area contributed by atoms with Gasteiger partial charge in [-0.15, -0.1) is 0 Å². The Morgan fingerprint density at radius 1 is 1.32 bits per heavy atom. The summed E-state index contributed by atoms with van der Waals surface area (Å²) in [6.07, 6.45) is 3.05. The summed E-state index contributed by atoms with van der Waals surface area (Å²) in [5.41, 5.74) is 0.853. The number of carbonyl (C=O) groups is 1. The van der Waals surface area contributed by atoms with Gasteiger partial charge in [-0.1, -0.05) is 18.2 Å². The van der Waals surface area contributed by atoms with E-state index < -0.39 is 0 Å². The predicted octanol–water partition coefficient (Wildman–Crippen LogP) is 2.29. The minimum Gasteiger partial charge on any atom is -0.491 e. The van der Waals surface area contributed by atoms with E-state index in [-0.39, 0.29) is 19.1 Å². The van der Waals surface area contributed by atoms with Crippen LogP contribution in [0.25, 0.3) is 6.08 Å². The number of aliphatic hydroxyl groups excluding tert-OH is 1. The fourth-order valence-corrected chi connectivity index (χ4v) is 1.89. The fraction of sp³-hybridized carbons (Fsp3) is 0.235. The molecule has 1 aromatic carbocycles. The molecule has 0 radical (unpaired) electrons. The van der Waals surface area contributed by atoms with E-state index in [0.717, 1.165) is 11.3 Å². The number of aliphatic hydroxyl groups is 1. The minimum atomic E-state index is -0.217. The quantitative estimate of drug-likeness (QED) is 0.770. The predicted molar refractivity (Wildman–Crippen MR) is 83.3 cm³/mol. The van der Waals surface area contributed by atoms with Crippen LogP contribution in [0.15, 0.2) is 46.9 Å². The van der Waals surface area contributed by atoms with Crippen molar-refractivity contribution >= 4 is 12.0 Å². The van der Waals surface area contributed by atoms with Crippen LogP contribution in [-0.2, 0) is 11.3 Å². The first-order valence-corrected chi connectivity index (χ1v) is 7.03. The first-order chi connectivity index (χ1) is 10.7. The van der Waals surface area contributed by atoms with Crippen LogP contribution >= 0.6 is 0 Å². The average Bonchev–Trinajstić information content (AvgIpc) is 2.95. The molecule has 5 nitrogen and oxygen atoms in total. The fourth-order valence-electron chi connectivity index (χ4n) is 1.89. The number of aryl methyl sites for hydroxylation is 1. The maximum absolute atomic E-state index is 11.8. The Morgan fingerprint density at radius 3 is 2.86 bits per heavy atom. The van der Waals surface area contributed by atoms with Crippen molar-refractivity contribution in [2.45, 2.75) is 13.5 Å². The Kier molecular flexibility index (Phi) is 5.80. The number of para-hydroxylation sites is 1. The molecule has 2 rings (SSSR count). The van der Waals surface area contributed by atoms with E-state index in [2.05, 4.69) is 5.32 Å². The van der Waals surface area contributed by atoms with Crippen molar-refractivity contribution in [2.24, 2.45) is 0 Å². The van der Waals surface area contributed by atoms with Crippen LogP contribution in [0.1, 0.15) is 17.1 Å². The van der Waals surface area contributed by atoms with E-state index in [0.29, 0.717) is 18.1 Å². The van der Waals surface area contributed by atoms with Gasteiger partial charge in [0.1, 0.15) is 23.9 Å². The van der Waals surface area contributed by atoms with E-state index in [1.54, 1.807) is 18.2 Å². The SMILES string of the molecule is Cc1ccc(/C=C/C(=O)NCc2ccccc2OCCO)o1. The maximum Gasteiger partial charge on any atom is 0.244 e. The third-order valence-electron chi connectivity index (χ3n) is 2.93. The third kappa shape index (κ3) is 4.79. The Hall–Kier alpha value is -2.53. The molecule has 1 aromatic heterocycles. The summed E-state index contributed by atoms with van der Waals surface area (Å²) in [7, 11) is 0. The highest BCUT2D eigenvalue weighted by atomic mass is 16.5. The molecule has 1 amide bonds. The zero-order chi connectivity index (χ0) is 15.8. The molecule has 5 heteroatoms. The zero-order valence-electron chi connectivity index (χ0n) is 12.4. The van der Waals surface area contributed by atoms with Gasteiger partial charge in [-0.05, 0) is 31.2 Å². The normalized spacial score (nSPS) is 10.8. The highest BCUT2D eigenvalue weighted by Gasteiger charge is 2.04. The number of furan rings is 1. The molecule has 116 valence electrons. The highest BCUT2D eigenvalue weighted by Crippen LogP contribution is 2.17. The monoisotopic (exact) mass is 301 g/mol. The lowest BCUT2D eigenvalue weighted by atomic mass is 10.2. The molecular weight excluding hydrogens is 282 g/mol. The van der Waals surface area contributed by atoms with Crippen LogP contribution in [0.3, 0.4) is 0 Å². The van der Waals surface area contributed by atoms with Crippen molar-refractivity contribution < 1.29 is 19.1 Å². The number of hydrogen-bond acceptors (Lipinski definition) is 4. The van der Waals surface area contributed by atoms with Crippen molar-refractivity contribution in [1.82, 2.24) is 5.32 Å². The molecular formula is C17H19NO4. The smallest absolute Gasteiger partial charge is 0.244 e. The molecule has 2 aromatic rings. The van der Waals surface area contributed by atoms with Crippen LogP contribution in [0.2, 0.25) is 0 Å². The summed E-state index contributed by atoms with van der Waals surface area (Å²) in [6.45, 7) is 2.37. The summed E-state index contributed by atoms with van der Waals surface area (Å²) >= 11 is 0. The first kappa shape index (κ1) is 15.9. The van der Waals surface area contributed by atoms with Crippen LogP contribution in [0.4, 0.5) is 0 Å². The maximum atomic E-state index is 11.8. The van der Waals surface area contributed by atoms with E-state index in [4.69, 9.17) is 14.3 Å². The number of amides is 1. The molecule has 0 atom stereocenters. The number of hydrogen-bond donors (Lipinski definition) is 2. The van der Waals surface area contributed by atoms with Gasteiger partial charge in [0.15, 0.2) is 0 Å². The Morgan fingerprint density at radius 2 is 2.14 bits per heavy atom. The van der Waals surface area contributed by atoms with E-state index in [1.807, 2.05) is 31.2 Å². The first-order valence-electron chi connectivity index (χ1n) is 7.03. The topological polar surface area (TPSA) is 71.7 Å². The Balaban J connectivity index is 1.89. The van der Waals surface area contributed by atoms with E-state index in [9.17, 15) is 4.79 Å². The van der Waals surface area contributed by atoms with Gasteiger partial charge in [-0.2, -0.15) is 0 Å². The Bertz CT molecular complexity index is 646. The molecule has 0 unspecified atom stereocenters. The molecule has 22 heavy (non-hydrogen) atoms. The van der Waals surface area contributed by atoms with Gasteiger partial charge >= 0.3 is 0 Å². The second-order valence-electron chi connectivity index (χ2n) is 4.68. The van der Waals surface area contributed by atoms with Gasteiger partial charge in [0, 0.05) is 18.2 Å². The second kappa shape index (κ2) is 8.05. The van der Waals surface area contributed by atoms with E-state index in [1.165, 1.54) is 6.08 Å². The van der Waals surface area contributed by atoms with Crippen LogP contribution in [-0.4, -0.2) is 24.2 Å². The van der Waals surface area contributed by atoms with Gasteiger partial charge in [-0.3, -0.25) is 4.79 Å². The van der Waals surface area contributed by atoms with Crippen molar-refractivity contribution in [3.8, 4) is 5.75 Å². The molecule has 0 bridgehead atoms. The lowest BCUT2D eigenvalue weighted by Gasteiger charge is -2.10. The largest absolute Gasteiger partial charge is 0.491 e. The molecule has 0 aliphatic heterocycles. The molecule has 0 aliphatic rings. The summed E-state index contributed by atoms with van der Waals surface area (Å²) in [4.78, 5) is 11.8. The lowest BCUT2D eigenvalue weighted by Crippen LogP contribution is -2.20. The standard InChI is InChI=1S/C17H19NO4/c1-13-6-7-15(22-13)8-9-17(20)18-12-14-4-2-3-5-16(14)21-11-10-19/h2-9,19H,10-12H2,1H3,(H,18,20)/b9-8+. The van der Waals surface area contributed by atoms with Crippen LogP contribution in [0, 0.1) is 6.92 Å². The lowest BCUT2D eigenvalue weighted by molar-refractivity contribution is -0.116. The summed E-state index contributed by atoms with van der Waals surface area (Å²) in [5.74, 6) is 1.88. The summed E-state index contributed by atoms with van der Waals surface area (Å²) < 4.78 is 10.8. The highest BCUT2D eigenvalue weighted by molar-refractivity contribution is 5.91. The van der Waals surface area contributed by atoms with E-state index >= 15 is 0 Å². The second-order valence-corrected chi connectivity index (χ2v) is 4.68. The average molecular weight is 301 g/mol. The van der Waals surface area contributed by atoms with Gasteiger partial charge in [0.05, 0.1) is 6.61 Å². The van der Waals surface area contributed by atoms with Gasteiger partial charge in [0.25, 0.3) is 0 Å². The number of nitrogens with one attached hydrogen (secondary N) is 1. The molecule has 0 saturated carbocycles. The number of ether oxygens (including phenoxy) is 1. The number of benzene rings is 1. The van der Waals surface area contributed by atoms with Crippen molar-refractivity contribution in [3.63, 3.8) is 0 Å². The summed E-state index contributed by atoms with van der Waals surface area (Å²) in [6, 6.07) is 11.0. The minimum absolute atomic E-state index is 0.0496. The van der Waals surface area contributed by atoms with Gasteiger partial charge in [0.2, 0.25) is 5.91 Å². The van der Waals surface area contributed by atoms with Gasteiger partial charge < -0.3 is 19.6 Å².